The van der Waals surface area contributed by atoms with Gasteiger partial charge in [-0.1, -0.05) is 12.1 Å². The highest BCUT2D eigenvalue weighted by Crippen LogP contribution is 2.28. The maximum atomic E-state index is 11.8. The lowest BCUT2D eigenvalue weighted by Crippen LogP contribution is -2.25. The van der Waals surface area contributed by atoms with Crippen molar-refractivity contribution >= 4 is 27.5 Å². The van der Waals surface area contributed by atoms with Gasteiger partial charge in [-0.2, -0.15) is 0 Å². The second kappa shape index (κ2) is 8.41. The first kappa shape index (κ1) is 16.4. The number of ether oxygens (including phenoxy) is 1. The topological polar surface area (TPSA) is 51.2 Å². The molecule has 1 aromatic carbocycles. The molecule has 1 aliphatic rings. The summed E-state index contributed by atoms with van der Waals surface area (Å²) in [5.41, 5.74) is 1.06. The maximum absolute atomic E-state index is 11.8. The quantitative estimate of drug-likeness (QED) is 0.677. The van der Waals surface area contributed by atoms with Gasteiger partial charge in [0.2, 0.25) is 5.91 Å². The van der Waals surface area contributed by atoms with Crippen LogP contribution in [-0.4, -0.2) is 30.6 Å². The van der Waals surface area contributed by atoms with E-state index < -0.39 is 0 Å². The van der Waals surface area contributed by atoms with Crippen LogP contribution in [0.5, 0.6) is 0 Å². The molecule has 1 aliphatic carbocycles. The summed E-state index contributed by atoms with van der Waals surface area (Å²) in [6, 6.07) is 8.17. The largest absolute Gasteiger partial charge is 0.381 e. The van der Waals surface area contributed by atoms with E-state index in [9.17, 15) is 4.79 Å². The molecule has 0 saturated heterocycles. The molecule has 1 saturated carbocycles. The summed E-state index contributed by atoms with van der Waals surface area (Å²) in [7, 11) is 0. The van der Waals surface area contributed by atoms with E-state index in [1.807, 2.05) is 18.2 Å². The highest BCUT2D eigenvalue weighted by atomic mass is 32.1. The van der Waals surface area contributed by atoms with Gasteiger partial charge in [0.15, 0.2) is 0 Å². The van der Waals surface area contributed by atoms with E-state index in [0.717, 1.165) is 48.9 Å². The van der Waals surface area contributed by atoms with Gasteiger partial charge in [0.05, 0.1) is 15.2 Å². The number of amides is 1. The number of rotatable bonds is 10. The lowest BCUT2D eigenvalue weighted by Gasteiger charge is -2.05. The number of carbonyl (C=O) groups is 1. The van der Waals surface area contributed by atoms with Crippen LogP contribution in [0.25, 0.3) is 10.2 Å². The minimum Gasteiger partial charge on any atom is -0.381 e. The average molecular weight is 332 g/mol. The number of thiazole rings is 1. The number of benzene rings is 1. The molecular weight excluding hydrogens is 308 g/mol. The molecule has 124 valence electrons. The number of para-hydroxylation sites is 1. The van der Waals surface area contributed by atoms with Crippen LogP contribution < -0.4 is 5.32 Å². The molecule has 4 nitrogen and oxygen atoms in total. The lowest BCUT2D eigenvalue weighted by molar-refractivity contribution is -0.121. The number of nitrogens with one attached hydrogen (secondary N) is 1. The zero-order chi connectivity index (χ0) is 15.9. The Morgan fingerprint density at radius 1 is 1.30 bits per heavy atom. The van der Waals surface area contributed by atoms with Crippen molar-refractivity contribution in [1.29, 1.82) is 0 Å². The molecule has 1 N–H and O–H groups in total. The summed E-state index contributed by atoms with van der Waals surface area (Å²) >= 11 is 1.72. The Morgan fingerprint density at radius 2 is 2.17 bits per heavy atom. The van der Waals surface area contributed by atoms with Crippen LogP contribution in [0.4, 0.5) is 0 Å². The van der Waals surface area contributed by atoms with Crippen LogP contribution in [0, 0.1) is 5.92 Å². The number of aryl methyl sites for hydroxylation is 1. The molecule has 0 spiro atoms. The van der Waals surface area contributed by atoms with Crippen LogP contribution in [0.1, 0.15) is 37.1 Å². The maximum Gasteiger partial charge on any atom is 0.220 e. The lowest BCUT2D eigenvalue weighted by atomic mass is 10.2. The Morgan fingerprint density at radius 3 is 3.00 bits per heavy atom. The molecule has 23 heavy (non-hydrogen) atoms. The minimum atomic E-state index is 0.133. The predicted octanol–water partition coefficient (Wildman–Crippen LogP) is 3.55. The van der Waals surface area contributed by atoms with E-state index in [-0.39, 0.29) is 5.91 Å². The van der Waals surface area contributed by atoms with E-state index in [1.54, 1.807) is 11.3 Å². The Labute approximate surface area is 141 Å². The molecule has 1 amide bonds. The normalized spacial score (nSPS) is 14.3. The second-order valence-electron chi connectivity index (χ2n) is 6.15. The Kier molecular flexibility index (Phi) is 6.00. The summed E-state index contributed by atoms with van der Waals surface area (Å²) in [4.78, 5) is 16.4. The Hall–Kier alpha value is -1.46. The fourth-order valence-corrected chi connectivity index (χ4v) is 3.46. The first-order valence-corrected chi connectivity index (χ1v) is 9.32. The second-order valence-corrected chi connectivity index (χ2v) is 7.27. The summed E-state index contributed by atoms with van der Waals surface area (Å²) in [6.07, 6.45) is 5.84. The fourth-order valence-electron chi connectivity index (χ4n) is 2.45. The molecule has 3 rings (SSSR count). The minimum absolute atomic E-state index is 0.133. The number of carbonyl (C=O) groups excluding carboxylic acids is 1. The molecule has 1 aromatic heterocycles. The Balaban J connectivity index is 1.25. The van der Waals surface area contributed by atoms with Gasteiger partial charge in [-0.25, -0.2) is 4.98 Å². The number of nitrogens with zero attached hydrogens (tertiary/aromatic N) is 1. The van der Waals surface area contributed by atoms with Gasteiger partial charge in [-0.05, 0) is 50.2 Å². The third kappa shape index (κ3) is 5.59. The van der Waals surface area contributed by atoms with Crippen molar-refractivity contribution in [3.63, 3.8) is 0 Å². The molecule has 1 heterocycles. The summed E-state index contributed by atoms with van der Waals surface area (Å²) in [5.74, 6) is 0.945. The van der Waals surface area contributed by atoms with Crippen LogP contribution in [0.15, 0.2) is 24.3 Å². The SMILES string of the molecule is O=C(CCCc1nc2ccccc2s1)NCCCOCC1CC1. The smallest absolute Gasteiger partial charge is 0.220 e. The number of fused-ring (bicyclic) bond motifs is 1. The van der Waals surface area contributed by atoms with Gasteiger partial charge in [-0.3, -0.25) is 4.79 Å². The predicted molar refractivity (Wildman–Crippen MR) is 93.7 cm³/mol. The van der Waals surface area contributed by atoms with E-state index in [4.69, 9.17) is 4.74 Å². The third-order valence-corrected chi connectivity index (χ3v) is 5.07. The van der Waals surface area contributed by atoms with E-state index in [2.05, 4.69) is 16.4 Å². The van der Waals surface area contributed by atoms with Gasteiger partial charge in [0, 0.05) is 26.2 Å². The monoisotopic (exact) mass is 332 g/mol. The van der Waals surface area contributed by atoms with Crippen molar-refractivity contribution in [1.82, 2.24) is 10.3 Å². The zero-order valence-electron chi connectivity index (χ0n) is 13.4. The molecule has 0 bridgehead atoms. The standard InChI is InChI=1S/C18H24N2O2S/c21-17(19-11-4-12-22-13-14-9-10-14)7-3-8-18-20-15-5-1-2-6-16(15)23-18/h1-2,5-6,14H,3-4,7-13H2,(H,19,21). The van der Waals surface area contributed by atoms with Crippen LogP contribution in [0.2, 0.25) is 0 Å². The zero-order valence-corrected chi connectivity index (χ0v) is 14.2. The molecule has 2 aromatic rings. The van der Waals surface area contributed by atoms with Gasteiger partial charge >= 0.3 is 0 Å². The average Bonchev–Trinajstić information content (AvgIpc) is 3.28. The summed E-state index contributed by atoms with van der Waals surface area (Å²) in [6.45, 7) is 2.36. The van der Waals surface area contributed by atoms with Crippen molar-refractivity contribution in [3.8, 4) is 0 Å². The molecular formula is C18H24N2O2S. The highest BCUT2D eigenvalue weighted by Gasteiger charge is 2.20. The Bertz CT molecular complexity index is 604. The third-order valence-electron chi connectivity index (χ3n) is 3.97. The van der Waals surface area contributed by atoms with E-state index >= 15 is 0 Å². The molecule has 5 heteroatoms. The molecule has 0 aliphatic heterocycles. The first-order chi connectivity index (χ1) is 11.3. The number of aromatic nitrogens is 1. The van der Waals surface area contributed by atoms with Crippen LogP contribution in [0.3, 0.4) is 0 Å². The fraction of sp³-hybridized carbons (Fsp3) is 0.556. The van der Waals surface area contributed by atoms with Crippen molar-refractivity contribution in [2.75, 3.05) is 19.8 Å². The van der Waals surface area contributed by atoms with E-state index in [0.29, 0.717) is 13.0 Å². The molecule has 0 atom stereocenters. The molecule has 0 unspecified atom stereocenters. The van der Waals surface area contributed by atoms with Crippen molar-refractivity contribution < 1.29 is 9.53 Å². The van der Waals surface area contributed by atoms with Crippen molar-refractivity contribution in [2.24, 2.45) is 5.92 Å². The van der Waals surface area contributed by atoms with Gasteiger partial charge in [-0.15, -0.1) is 11.3 Å². The van der Waals surface area contributed by atoms with E-state index in [1.165, 1.54) is 17.5 Å². The van der Waals surface area contributed by atoms with Gasteiger partial charge in [0.25, 0.3) is 0 Å². The summed E-state index contributed by atoms with van der Waals surface area (Å²) in [5, 5.41) is 4.08. The van der Waals surface area contributed by atoms with Gasteiger partial charge < -0.3 is 10.1 Å². The van der Waals surface area contributed by atoms with Crippen LogP contribution in [-0.2, 0) is 16.0 Å². The van der Waals surface area contributed by atoms with Crippen LogP contribution >= 0.6 is 11.3 Å². The highest BCUT2D eigenvalue weighted by molar-refractivity contribution is 7.18. The van der Waals surface area contributed by atoms with Gasteiger partial charge in [0.1, 0.15) is 0 Å². The number of hydrogen-bond donors (Lipinski definition) is 1. The molecule has 0 radical (unpaired) electrons. The number of hydrogen-bond acceptors (Lipinski definition) is 4. The first-order valence-electron chi connectivity index (χ1n) is 8.50. The van der Waals surface area contributed by atoms with Crippen molar-refractivity contribution in [3.05, 3.63) is 29.3 Å². The van der Waals surface area contributed by atoms with Crippen molar-refractivity contribution in [2.45, 2.75) is 38.5 Å². The molecule has 1 fully saturated rings. The summed E-state index contributed by atoms with van der Waals surface area (Å²) < 4.78 is 6.77.